The standard InChI is InChI=1S/C13H23N3O4/c1-10(17)14-8-9-15-12(20)16-13(11(18)19)6-4-2-3-5-7-13/h2-9H2,1H3,(H,14,17)(H,18,19)(H2,15,16,20). The highest BCUT2D eigenvalue weighted by Crippen LogP contribution is 2.27. The lowest BCUT2D eigenvalue weighted by atomic mass is 9.90. The van der Waals surface area contributed by atoms with Crippen molar-refractivity contribution < 1.29 is 19.5 Å². The third-order valence-corrected chi connectivity index (χ3v) is 3.50. The lowest BCUT2D eigenvalue weighted by Crippen LogP contribution is -2.57. The number of nitrogens with one attached hydrogen (secondary N) is 3. The molecule has 0 aromatic rings. The van der Waals surface area contributed by atoms with E-state index >= 15 is 0 Å². The van der Waals surface area contributed by atoms with E-state index in [1.807, 2.05) is 0 Å². The fourth-order valence-electron chi connectivity index (χ4n) is 2.40. The lowest BCUT2D eigenvalue weighted by molar-refractivity contribution is -0.145. The average Bonchev–Trinajstić information content (AvgIpc) is 2.61. The van der Waals surface area contributed by atoms with Crippen molar-refractivity contribution in [3.63, 3.8) is 0 Å². The predicted octanol–water partition coefficient (Wildman–Crippen LogP) is 0.599. The number of hydrogen-bond acceptors (Lipinski definition) is 3. The fourth-order valence-corrected chi connectivity index (χ4v) is 2.40. The number of carbonyl (C=O) groups is 3. The molecule has 0 bridgehead atoms. The van der Waals surface area contributed by atoms with Crippen LogP contribution in [0.25, 0.3) is 0 Å². The summed E-state index contributed by atoms with van der Waals surface area (Å²) in [6.45, 7) is 1.98. The molecule has 0 unspecified atom stereocenters. The number of amides is 3. The molecule has 7 nitrogen and oxygen atoms in total. The molecular weight excluding hydrogens is 262 g/mol. The summed E-state index contributed by atoms with van der Waals surface area (Å²) in [6, 6.07) is -0.500. The van der Waals surface area contributed by atoms with Gasteiger partial charge in [0.15, 0.2) is 0 Å². The normalized spacial score (nSPS) is 17.6. The molecule has 114 valence electrons. The van der Waals surface area contributed by atoms with Crippen molar-refractivity contribution in [1.82, 2.24) is 16.0 Å². The summed E-state index contributed by atoms with van der Waals surface area (Å²) in [7, 11) is 0. The van der Waals surface area contributed by atoms with Gasteiger partial charge in [-0.05, 0) is 12.8 Å². The zero-order valence-corrected chi connectivity index (χ0v) is 11.8. The van der Waals surface area contributed by atoms with Crippen molar-refractivity contribution in [2.75, 3.05) is 13.1 Å². The quantitative estimate of drug-likeness (QED) is 0.438. The molecule has 7 heteroatoms. The monoisotopic (exact) mass is 285 g/mol. The van der Waals surface area contributed by atoms with Crippen LogP contribution in [0.3, 0.4) is 0 Å². The highest BCUT2D eigenvalue weighted by atomic mass is 16.4. The minimum atomic E-state index is -1.16. The van der Waals surface area contributed by atoms with E-state index in [1.165, 1.54) is 6.92 Å². The second kappa shape index (κ2) is 7.72. The summed E-state index contributed by atoms with van der Waals surface area (Å²) < 4.78 is 0. The molecule has 0 aliphatic heterocycles. The Balaban J connectivity index is 2.46. The van der Waals surface area contributed by atoms with E-state index < -0.39 is 17.5 Å². The van der Waals surface area contributed by atoms with Gasteiger partial charge in [-0.15, -0.1) is 0 Å². The van der Waals surface area contributed by atoms with Gasteiger partial charge in [-0.1, -0.05) is 25.7 Å². The third-order valence-electron chi connectivity index (χ3n) is 3.50. The van der Waals surface area contributed by atoms with Crippen molar-refractivity contribution in [3.8, 4) is 0 Å². The molecule has 1 rings (SSSR count). The lowest BCUT2D eigenvalue weighted by Gasteiger charge is -2.29. The molecule has 0 aromatic carbocycles. The Bertz CT molecular complexity index is 363. The zero-order chi connectivity index (χ0) is 15.0. The number of carboxylic acids is 1. The fraction of sp³-hybridized carbons (Fsp3) is 0.769. The Morgan fingerprint density at radius 1 is 1.00 bits per heavy atom. The summed E-state index contributed by atoms with van der Waals surface area (Å²) in [4.78, 5) is 33.9. The number of urea groups is 1. The van der Waals surface area contributed by atoms with E-state index in [1.54, 1.807) is 0 Å². The van der Waals surface area contributed by atoms with Gasteiger partial charge in [-0.3, -0.25) is 4.79 Å². The van der Waals surface area contributed by atoms with Gasteiger partial charge in [0.25, 0.3) is 0 Å². The second-order valence-electron chi connectivity index (χ2n) is 5.17. The third kappa shape index (κ3) is 5.07. The summed E-state index contributed by atoms with van der Waals surface area (Å²) >= 11 is 0. The van der Waals surface area contributed by atoms with E-state index in [0.717, 1.165) is 25.7 Å². The van der Waals surface area contributed by atoms with Crippen LogP contribution in [0.15, 0.2) is 0 Å². The molecule has 0 radical (unpaired) electrons. The molecule has 0 spiro atoms. The molecule has 1 aliphatic rings. The Morgan fingerprint density at radius 3 is 2.05 bits per heavy atom. The van der Waals surface area contributed by atoms with Crippen molar-refractivity contribution in [2.24, 2.45) is 0 Å². The average molecular weight is 285 g/mol. The SMILES string of the molecule is CC(=O)NCCNC(=O)NC1(C(=O)O)CCCCCC1. The van der Waals surface area contributed by atoms with Gasteiger partial charge in [0, 0.05) is 20.0 Å². The molecule has 1 fully saturated rings. The summed E-state index contributed by atoms with van der Waals surface area (Å²) in [5.41, 5.74) is -1.16. The molecule has 0 heterocycles. The van der Waals surface area contributed by atoms with E-state index in [2.05, 4.69) is 16.0 Å². The Morgan fingerprint density at radius 2 is 1.55 bits per heavy atom. The highest BCUT2D eigenvalue weighted by Gasteiger charge is 2.39. The minimum Gasteiger partial charge on any atom is -0.480 e. The van der Waals surface area contributed by atoms with Gasteiger partial charge >= 0.3 is 12.0 Å². The largest absolute Gasteiger partial charge is 0.480 e. The first-order valence-electron chi connectivity index (χ1n) is 7.00. The summed E-state index contributed by atoms with van der Waals surface area (Å²) in [5.74, 6) is -1.14. The van der Waals surface area contributed by atoms with Crippen LogP contribution in [0.4, 0.5) is 4.79 Å². The highest BCUT2D eigenvalue weighted by molar-refractivity contribution is 5.86. The van der Waals surface area contributed by atoms with Crippen LogP contribution in [0.1, 0.15) is 45.4 Å². The van der Waals surface area contributed by atoms with Crippen LogP contribution in [-0.4, -0.2) is 41.6 Å². The minimum absolute atomic E-state index is 0.169. The maximum Gasteiger partial charge on any atom is 0.329 e. The van der Waals surface area contributed by atoms with Crippen LogP contribution in [0.2, 0.25) is 0 Å². The summed E-state index contributed by atoms with van der Waals surface area (Å²) in [6.07, 6.45) is 4.53. The summed E-state index contributed by atoms with van der Waals surface area (Å²) in [5, 5.41) is 17.1. The van der Waals surface area contributed by atoms with Crippen molar-refractivity contribution in [3.05, 3.63) is 0 Å². The molecule has 4 N–H and O–H groups in total. The van der Waals surface area contributed by atoms with Crippen LogP contribution >= 0.6 is 0 Å². The van der Waals surface area contributed by atoms with Gasteiger partial charge in [-0.25, -0.2) is 9.59 Å². The second-order valence-corrected chi connectivity index (χ2v) is 5.17. The molecular formula is C13H23N3O4. The topological polar surface area (TPSA) is 108 Å². The van der Waals surface area contributed by atoms with Crippen LogP contribution < -0.4 is 16.0 Å². The molecule has 0 atom stereocenters. The van der Waals surface area contributed by atoms with Crippen LogP contribution in [0, 0.1) is 0 Å². The first kappa shape index (κ1) is 16.3. The Kier molecular flexibility index (Phi) is 6.27. The van der Waals surface area contributed by atoms with Gasteiger partial charge in [0.1, 0.15) is 5.54 Å². The van der Waals surface area contributed by atoms with Gasteiger partial charge in [0.05, 0.1) is 0 Å². The number of carbonyl (C=O) groups excluding carboxylic acids is 2. The van der Waals surface area contributed by atoms with Gasteiger partial charge in [-0.2, -0.15) is 0 Å². The number of rotatable bonds is 5. The van der Waals surface area contributed by atoms with E-state index in [0.29, 0.717) is 19.4 Å². The molecule has 1 aliphatic carbocycles. The number of hydrogen-bond donors (Lipinski definition) is 4. The molecule has 0 saturated heterocycles. The molecule has 0 aromatic heterocycles. The molecule has 20 heavy (non-hydrogen) atoms. The van der Waals surface area contributed by atoms with Gasteiger partial charge in [0.2, 0.25) is 5.91 Å². The Hall–Kier alpha value is -1.79. The number of aliphatic carboxylic acids is 1. The van der Waals surface area contributed by atoms with Crippen LogP contribution in [0.5, 0.6) is 0 Å². The first-order valence-corrected chi connectivity index (χ1v) is 7.00. The van der Waals surface area contributed by atoms with Crippen molar-refractivity contribution >= 4 is 17.9 Å². The van der Waals surface area contributed by atoms with E-state index in [-0.39, 0.29) is 12.5 Å². The molecule has 3 amide bonds. The number of carboxylic acid groups (broad SMARTS) is 1. The maximum absolute atomic E-state index is 11.8. The molecule has 1 saturated carbocycles. The van der Waals surface area contributed by atoms with Crippen molar-refractivity contribution in [1.29, 1.82) is 0 Å². The van der Waals surface area contributed by atoms with Crippen LogP contribution in [-0.2, 0) is 9.59 Å². The first-order chi connectivity index (χ1) is 9.46. The smallest absolute Gasteiger partial charge is 0.329 e. The zero-order valence-electron chi connectivity index (χ0n) is 11.8. The van der Waals surface area contributed by atoms with E-state index in [9.17, 15) is 19.5 Å². The Labute approximate surface area is 118 Å². The predicted molar refractivity (Wildman–Crippen MR) is 73.3 cm³/mol. The van der Waals surface area contributed by atoms with E-state index in [4.69, 9.17) is 0 Å². The van der Waals surface area contributed by atoms with Crippen molar-refractivity contribution in [2.45, 2.75) is 51.0 Å². The van der Waals surface area contributed by atoms with Gasteiger partial charge < -0.3 is 21.1 Å². The maximum atomic E-state index is 11.8.